The second-order valence-corrected chi connectivity index (χ2v) is 6.87. The van der Waals surface area contributed by atoms with Gasteiger partial charge in [-0.05, 0) is 62.1 Å². The molecule has 1 aromatic heterocycles. The minimum absolute atomic E-state index is 0.128. The molecule has 1 aliphatic heterocycles. The van der Waals surface area contributed by atoms with Gasteiger partial charge < -0.3 is 15.5 Å². The topological polar surface area (TPSA) is 74.3 Å². The Labute approximate surface area is 160 Å². The number of carbonyl (C=O) groups is 2. The number of amides is 2. The molecule has 0 bridgehead atoms. The van der Waals surface area contributed by atoms with Crippen molar-refractivity contribution in [2.75, 3.05) is 22.1 Å². The number of aromatic nitrogens is 1. The average molecular weight is 366 g/mol. The Morgan fingerprint density at radius 3 is 2.37 bits per heavy atom. The monoisotopic (exact) mass is 366 g/mol. The molecule has 0 saturated carbocycles. The molecule has 1 fully saturated rings. The van der Waals surface area contributed by atoms with Crippen LogP contribution in [0.1, 0.15) is 49.9 Å². The standard InChI is InChI=1S/C21H26N4O2/c1-3-19-6-4-5-13-25(19)20-12-7-16(14-22-20)21(27)24-18-10-8-17(9-11-18)23-15(2)26/h7-12,14,19H,3-6,13H2,1-2H3,(H,23,26)(H,24,27). The van der Waals surface area contributed by atoms with Crippen LogP contribution in [-0.4, -0.2) is 29.4 Å². The van der Waals surface area contributed by atoms with Gasteiger partial charge in [-0.1, -0.05) is 6.92 Å². The number of hydrogen-bond acceptors (Lipinski definition) is 4. The van der Waals surface area contributed by atoms with Crippen molar-refractivity contribution >= 4 is 29.0 Å². The zero-order chi connectivity index (χ0) is 19.2. The summed E-state index contributed by atoms with van der Waals surface area (Å²) in [6.07, 6.45) is 6.41. The quantitative estimate of drug-likeness (QED) is 0.837. The first-order chi connectivity index (χ1) is 13.1. The fourth-order valence-electron chi connectivity index (χ4n) is 3.46. The maximum absolute atomic E-state index is 12.5. The van der Waals surface area contributed by atoms with Gasteiger partial charge in [-0.25, -0.2) is 4.98 Å². The first-order valence-electron chi connectivity index (χ1n) is 9.48. The maximum atomic E-state index is 12.5. The largest absolute Gasteiger partial charge is 0.354 e. The predicted molar refractivity (Wildman–Crippen MR) is 108 cm³/mol. The van der Waals surface area contributed by atoms with Crippen LogP contribution in [0.2, 0.25) is 0 Å². The van der Waals surface area contributed by atoms with Gasteiger partial charge in [0, 0.05) is 37.1 Å². The molecule has 6 heteroatoms. The minimum atomic E-state index is -0.202. The van der Waals surface area contributed by atoms with Crippen molar-refractivity contribution in [2.45, 2.75) is 45.6 Å². The van der Waals surface area contributed by atoms with Crippen LogP contribution in [0.4, 0.5) is 17.2 Å². The van der Waals surface area contributed by atoms with Crippen LogP contribution in [-0.2, 0) is 4.79 Å². The summed E-state index contributed by atoms with van der Waals surface area (Å²) in [6, 6.07) is 11.3. The van der Waals surface area contributed by atoms with Gasteiger partial charge in [-0.2, -0.15) is 0 Å². The number of pyridine rings is 1. The molecular weight excluding hydrogens is 340 g/mol. The lowest BCUT2D eigenvalue weighted by atomic mass is 10.00. The highest BCUT2D eigenvalue weighted by molar-refractivity contribution is 6.04. The zero-order valence-corrected chi connectivity index (χ0v) is 15.9. The summed E-state index contributed by atoms with van der Waals surface area (Å²) < 4.78 is 0. The molecule has 2 heterocycles. The molecule has 0 aliphatic carbocycles. The van der Waals surface area contributed by atoms with Crippen LogP contribution in [0.5, 0.6) is 0 Å². The molecular formula is C21H26N4O2. The summed E-state index contributed by atoms with van der Waals surface area (Å²) in [5.74, 6) is 0.613. The summed E-state index contributed by atoms with van der Waals surface area (Å²) in [5.41, 5.74) is 1.88. The number of nitrogens with zero attached hydrogens (tertiary/aromatic N) is 2. The molecule has 2 aromatic rings. The highest BCUT2D eigenvalue weighted by atomic mass is 16.2. The fourth-order valence-corrected chi connectivity index (χ4v) is 3.46. The Kier molecular flexibility index (Phi) is 6.06. The summed E-state index contributed by atoms with van der Waals surface area (Å²) in [6.45, 7) is 4.69. The SMILES string of the molecule is CCC1CCCCN1c1ccc(C(=O)Nc2ccc(NC(C)=O)cc2)cn1. The molecule has 0 radical (unpaired) electrons. The highest BCUT2D eigenvalue weighted by Gasteiger charge is 2.22. The van der Waals surface area contributed by atoms with Gasteiger partial charge in [-0.3, -0.25) is 9.59 Å². The van der Waals surface area contributed by atoms with E-state index >= 15 is 0 Å². The Morgan fingerprint density at radius 2 is 1.78 bits per heavy atom. The molecule has 2 N–H and O–H groups in total. The van der Waals surface area contributed by atoms with Crippen LogP contribution in [0.15, 0.2) is 42.6 Å². The lowest BCUT2D eigenvalue weighted by molar-refractivity contribution is -0.114. The van der Waals surface area contributed by atoms with Gasteiger partial charge in [0.05, 0.1) is 5.56 Å². The predicted octanol–water partition coefficient (Wildman–Crippen LogP) is 4.06. The molecule has 3 rings (SSSR count). The van der Waals surface area contributed by atoms with Crippen molar-refractivity contribution in [3.63, 3.8) is 0 Å². The van der Waals surface area contributed by atoms with Gasteiger partial charge in [-0.15, -0.1) is 0 Å². The van der Waals surface area contributed by atoms with Crippen molar-refractivity contribution in [3.05, 3.63) is 48.2 Å². The van der Waals surface area contributed by atoms with E-state index < -0.39 is 0 Å². The molecule has 142 valence electrons. The second-order valence-electron chi connectivity index (χ2n) is 6.87. The van der Waals surface area contributed by atoms with E-state index in [9.17, 15) is 9.59 Å². The number of benzene rings is 1. The summed E-state index contributed by atoms with van der Waals surface area (Å²) in [7, 11) is 0. The Morgan fingerprint density at radius 1 is 1.07 bits per heavy atom. The average Bonchev–Trinajstić information content (AvgIpc) is 2.69. The van der Waals surface area contributed by atoms with Gasteiger partial charge in [0.1, 0.15) is 5.82 Å². The Bertz CT molecular complexity index is 787. The van der Waals surface area contributed by atoms with E-state index in [1.807, 2.05) is 12.1 Å². The Hall–Kier alpha value is -2.89. The van der Waals surface area contributed by atoms with E-state index in [0.717, 1.165) is 18.8 Å². The number of hydrogen-bond donors (Lipinski definition) is 2. The smallest absolute Gasteiger partial charge is 0.257 e. The maximum Gasteiger partial charge on any atom is 0.257 e. The fraction of sp³-hybridized carbons (Fsp3) is 0.381. The van der Waals surface area contributed by atoms with Gasteiger partial charge in [0.2, 0.25) is 5.91 Å². The highest BCUT2D eigenvalue weighted by Crippen LogP contribution is 2.25. The first-order valence-corrected chi connectivity index (χ1v) is 9.48. The summed E-state index contributed by atoms with van der Waals surface area (Å²) >= 11 is 0. The normalized spacial score (nSPS) is 16.7. The lowest BCUT2D eigenvalue weighted by Gasteiger charge is -2.36. The van der Waals surface area contributed by atoms with Crippen molar-refractivity contribution in [1.29, 1.82) is 0 Å². The number of nitrogens with one attached hydrogen (secondary N) is 2. The number of anilines is 3. The van der Waals surface area contributed by atoms with E-state index in [0.29, 0.717) is 23.0 Å². The van der Waals surface area contributed by atoms with Crippen LogP contribution in [0.25, 0.3) is 0 Å². The van der Waals surface area contributed by atoms with Crippen LogP contribution >= 0.6 is 0 Å². The van der Waals surface area contributed by atoms with E-state index in [1.54, 1.807) is 30.5 Å². The molecule has 1 saturated heterocycles. The number of rotatable bonds is 5. The first kappa shape index (κ1) is 18.9. The Balaban J connectivity index is 1.64. The number of piperidine rings is 1. The summed E-state index contributed by atoms with van der Waals surface area (Å²) in [5, 5.41) is 5.55. The van der Waals surface area contributed by atoms with Crippen LogP contribution < -0.4 is 15.5 Å². The minimum Gasteiger partial charge on any atom is -0.354 e. The second kappa shape index (κ2) is 8.66. The summed E-state index contributed by atoms with van der Waals surface area (Å²) in [4.78, 5) is 30.4. The lowest BCUT2D eigenvalue weighted by Crippen LogP contribution is -2.39. The molecule has 1 unspecified atom stereocenters. The molecule has 27 heavy (non-hydrogen) atoms. The van der Waals surface area contributed by atoms with Crippen molar-refractivity contribution in [1.82, 2.24) is 4.98 Å². The molecule has 1 atom stereocenters. The zero-order valence-electron chi connectivity index (χ0n) is 15.9. The van der Waals surface area contributed by atoms with E-state index in [4.69, 9.17) is 0 Å². The van der Waals surface area contributed by atoms with E-state index in [2.05, 4.69) is 27.4 Å². The van der Waals surface area contributed by atoms with Gasteiger partial charge in [0.25, 0.3) is 5.91 Å². The molecule has 6 nitrogen and oxygen atoms in total. The third-order valence-electron chi connectivity index (χ3n) is 4.87. The molecule has 1 aliphatic rings. The molecule has 0 spiro atoms. The van der Waals surface area contributed by atoms with E-state index in [-0.39, 0.29) is 11.8 Å². The molecule has 2 amide bonds. The van der Waals surface area contributed by atoms with Gasteiger partial charge in [0.15, 0.2) is 0 Å². The third kappa shape index (κ3) is 4.84. The molecule has 1 aromatic carbocycles. The van der Waals surface area contributed by atoms with E-state index in [1.165, 1.54) is 26.2 Å². The number of carbonyl (C=O) groups excluding carboxylic acids is 2. The van der Waals surface area contributed by atoms with Crippen LogP contribution in [0, 0.1) is 0 Å². The van der Waals surface area contributed by atoms with Crippen molar-refractivity contribution in [2.24, 2.45) is 0 Å². The van der Waals surface area contributed by atoms with Crippen LogP contribution in [0.3, 0.4) is 0 Å². The van der Waals surface area contributed by atoms with Crippen molar-refractivity contribution in [3.8, 4) is 0 Å². The van der Waals surface area contributed by atoms with Gasteiger partial charge >= 0.3 is 0 Å². The third-order valence-corrected chi connectivity index (χ3v) is 4.87. The van der Waals surface area contributed by atoms with Crippen molar-refractivity contribution < 1.29 is 9.59 Å².